The van der Waals surface area contributed by atoms with E-state index < -0.39 is 5.97 Å². The maximum absolute atomic E-state index is 11.2. The van der Waals surface area contributed by atoms with Crippen LogP contribution in [-0.4, -0.2) is 48.4 Å². The van der Waals surface area contributed by atoms with Gasteiger partial charge in [-0.2, -0.15) is 0 Å². The smallest absolute Gasteiger partial charge is 0.306 e. The Morgan fingerprint density at radius 1 is 1.18 bits per heavy atom. The summed E-state index contributed by atoms with van der Waals surface area (Å²) >= 11 is 0. The van der Waals surface area contributed by atoms with Crippen LogP contribution in [0, 0.1) is 5.92 Å². The van der Waals surface area contributed by atoms with Gasteiger partial charge in [0.15, 0.2) is 0 Å². The Bertz CT molecular complexity index is 822. The summed E-state index contributed by atoms with van der Waals surface area (Å²) in [5, 5.41) is 11.6. The van der Waals surface area contributed by atoms with Crippen LogP contribution in [-0.2, 0) is 9.53 Å². The molecule has 0 bridgehead atoms. The maximum Gasteiger partial charge on any atom is 0.306 e. The average molecular weight is 383 g/mol. The van der Waals surface area contributed by atoms with Crippen LogP contribution in [0.2, 0.25) is 0 Å². The average Bonchev–Trinajstić information content (AvgIpc) is 3.22. The second-order valence-corrected chi connectivity index (χ2v) is 7.94. The second kappa shape index (κ2) is 8.50. The lowest BCUT2D eigenvalue weighted by Gasteiger charge is -2.36. The lowest BCUT2D eigenvalue weighted by molar-refractivity contribution is -0.143. The number of carboxylic acids is 1. The van der Waals surface area contributed by atoms with E-state index in [2.05, 4.69) is 42.2 Å². The van der Waals surface area contributed by atoms with Crippen molar-refractivity contribution in [2.45, 2.75) is 44.8 Å². The third kappa shape index (κ3) is 4.15. The molecule has 2 aliphatic heterocycles. The molecule has 2 aliphatic rings. The molecule has 2 atom stereocenters. The Morgan fingerprint density at radius 2 is 1.93 bits per heavy atom. The third-order valence-electron chi connectivity index (χ3n) is 6.12. The number of likely N-dealkylation sites (tertiary alicyclic amines) is 1. The summed E-state index contributed by atoms with van der Waals surface area (Å²) in [5.74, 6) is 0.0631. The molecule has 2 unspecified atom stereocenters. The molecule has 0 spiro atoms. The van der Waals surface area contributed by atoms with Crippen molar-refractivity contribution < 1.29 is 19.4 Å². The molecule has 4 rings (SSSR count). The van der Waals surface area contributed by atoms with Crippen LogP contribution in [0.1, 0.15) is 44.2 Å². The first-order chi connectivity index (χ1) is 13.6. The summed E-state index contributed by atoms with van der Waals surface area (Å²) in [6.07, 6.45) is 3.62. The summed E-state index contributed by atoms with van der Waals surface area (Å²) in [6.45, 7) is 5.36. The van der Waals surface area contributed by atoms with Crippen LogP contribution < -0.4 is 4.74 Å². The zero-order valence-electron chi connectivity index (χ0n) is 16.5. The molecule has 28 heavy (non-hydrogen) atoms. The molecule has 2 saturated heterocycles. The zero-order valence-corrected chi connectivity index (χ0v) is 16.5. The molecule has 2 heterocycles. The Hall–Kier alpha value is -2.11. The highest BCUT2D eigenvalue weighted by atomic mass is 16.5. The van der Waals surface area contributed by atoms with Crippen molar-refractivity contribution in [1.29, 1.82) is 0 Å². The van der Waals surface area contributed by atoms with Crippen molar-refractivity contribution in [2.75, 3.05) is 26.3 Å². The van der Waals surface area contributed by atoms with Gasteiger partial charge in [0, 0.05) is 12.5 Å². The van der Waals surface area contributed by atoms with E-state index in [1.54, 1.807) is 0 Å². The first-order valence-corrected chi connectivity index (χ1v) is 10.4. The molecule has 150 valence electrons. The highest BCUT2D eigenvalue weighted by Gasteiger charge is 2.28. The van der Waals surface area contributed by atoms with Crippen LogP contribution in [0.3, 0.4) is 0 Å². The van der Waals surface area contributed by atoms with Gasteiger partial charge in [0.2, 0.25) is 0 Å². The number of carboxylic acid groups (broad SMARTS) is 1. The fourth-order valence-electron chi connectivity index (χ4n) is 4.48. The van der Waals surface area contributed by atoms with Gasteiger partial charge in [0.25, 0.3) is 0 Å². The Labute approximate surface area is 166 Å². The predicted molar refractivity (Wildman–Crippen MR) is 109 cm³/mol. The lowest BCUT2D eigenvalue weighted by Crippen LogP contribution is -2.38. The van der Waals surface area contributed by atoms with E-state index in [9.17, 15) is 9.90 Å². The minimum atomic E-state index is -0.652. The van der Waals surface area contributed by atoms with Gasteiger partial charge in [-0.25, -0.2) is 0 Å². The maximum atomic E-state index is 11.2. The van der Waals surface area contributed by atoms with E-state index in [1.807, 2.05) is 6.07 Å². The third-order valence-corrected chi connectivity index (χ3v) is 6.12. The first-order valence-electron chi connectivity index (χ1n) is 10.4. The summed E-state index contributed by atoms with van der Waals surface area (Å²) < 4.78 is 11.4. The number of fused-ring (bicyclic) bond motifs is 1. The number of carbonyl (C=O) groups is 1. The molecule has 0 radical (unpaired) electrons. The molecule has 0 aliphatic carbocycles. The molecule has 2 aromatic rings. The van der Waals surface area contributed by atoms with Crippen molar-refractivity contribution in [3.05, 3.63) is 42.0 Å². The van der Waals surface area contributed by atoms with Crippen LogP contribution in [0.15, 0.2) is 36.4 Å². The quantitative estimate of drug-likeness (QED) is 0.808. The fourth-order valence-corrected chi connectivity index (χ4v) is 4.48. The number of rotatable bonds is 6. The Morgan fingerprint density at radius 3 is 2.61 bits per heavy atom. The SMILES string of the molecule is CCC(c1ccc2cc(OC3CCOC3)ccc2c1)N1CCC(C(=O)O)CC1. The van der Waals surface area contributed by atoms with Crippen LogP contribution in [0.25, 0.3) is 10.8 Å². The number of piperidine rings is 1. The summed E-state index contributed by atoms with van der Waals surface area (Å²) in [6, 6.07) is 13.3. The van der Waals surface area contributed by atoms with E-state index in [0.29, 0.717) is 12.6 Å². The molecular weight excluding hydrogens is 354 g/mol. The van der Waals surface area contributed by atoms with Gasteiger partial charge < -0.3 is 14.6 Å². The van der Waals surface area contributed by atoms with E-state index in [1.165, 1.54) is 16.3 Å². The number of hydrogen-bond donors (Lipinski definition) is 1. The van der Waals surface area contributed by atoms with E-state index >= 15 is 0 Å². The summed E-state index contributed by atoms with van der Waals surface area (Å²) in [7, 11) is 0. The van der Waals surface area contributed by atoms with E-state index in [4.69, 9.17) is 9.47 Å². The molecule has 5 heteroatoms. The number of nitrogens with zero attached hydrogens (tertiary/aromatic N) is 1. The van der Waals surface area contributed by atoms with Crippen LogP contribution >= 0.6 is 0 Å². The largest absolute Gasteiger partial charge is 0.488 e. The molecule has 0 aromatic heterocycles. The number of ether oxygens (including phenoxy) is 2. The number of aliphatic carboxylic acids is 1. The van der Waals surface area contributed by atoms with Gasteiger partial charge in [-0.1, -0.05) is 25.1 Å². The number of benzene rings is 2. The fraction of sp³-hybridized carbons (Fsp3) is 0.522. The molecule has 0 amide bonds. The molecule has 5 nitrogen and oxygen atoms in total. The Balaban J connectivity index is 1.49. The van der Waals surface area contributed by atoms with Crippen molar-refractivity contribution in [1.82, 2.24) is 4.90 Å². The second-order valence-electron chi connectivity index (χ2n) is 7.94. The van der Waals surface area contributed by atoms with Crippen molar-refractivity contribution in [2.24, 2.45) is 5.92 Å². The topological polar surface area (TPSA) is 59.0 Å². The lowest BCUT2D eigenvalue weighted by atomic mass is 9.93. The molecular formula is C23H29NO4. The molecule has 1 N–H and O–H groups in total. The minimum Gasteiger partial charge on any atom is -0.488 e. The minimum absolute atomic E-state index is 0.162. The first kappa shape index (κ1) is 19.2. The van der Waals surface area contributed by atoms with Gasteiger partial charge in [-0.3, -0.25) is 9.69 Å². The molecule has 0 saturated carbocycles. The van der Waals surface area contributed by atoms with Gasteiger partial charge in [0.1, 0.15) is 11.9 Å². The van der Waals surface area contributed by atoms with Crippen molar-refractivity contribution >= 4 is 16.7 Å². The van der Waals surface area contributed by atoms with Crippen LogP contribution in [0.4, 0.5) is 0 Å². The molecule has 2 fully saturated rings. The van der Waals surface area contributed by atoms with Gasteiger partial charge in [-0.05, 0) is 66.9 Å². The van der Waals surface area contributed by atoms with Gasteiger partial charge >= 0.3 is 5.97 Å². The highest BCUT2D eigenvalue weighted by molar-refractivity contribution is 5.84. The van der Waals surface area contributed by atoms with E-state index in [0.717, 1.165) is 51.1 Å². The highest BCUT2D eigenvalue weighted by Crippen LogP contribution is 2.32. The van der Waals surface area contributed by atoms with Crippen molar-refractivity contribution in [3.8, 4) is 5.75 Å². The summed E-state index contributed by atoms with van der Waals surface area (Å²) in [5.41, 5.74) is 1.31. The normalized spacial score (nSPS) is 22.4. The van der Waals surface area contributed by atoms with E-state index in [-0.39, 0.29) is 12.0 Å². The standard InChI is InChI=1S/C23H29NO4/c1-2-22(24-10-7-16(8-11-24)23(25)26)19-4-3-18-14-20(6-5-17(18)13-19)28-21-9-12-27-15-21/h3-6,13-14,16,21-22H,2,7-12,15H2,1H3,(H,25,26). The zero-order chi connectivity index (χ0) is 19.5. The van der Waals surface area contributed by atoms with Gasteiger partial charge in [-0.15, -0.1) is 0 Å². The summed E-state index contributed by atoms with van der Waals surface area (Å²) in [4.78, 5) is 13.7. The van der Waals surface area contributed by atoms with Crippen LogP contribution in [0.5, 0.6) is 5.75 Å². The monoisotopic (exact) mass is 383 g/mol. The predicted octanol–water partition coefficient (Wildman–Crippen LogP) is 4.26. The molecule has 2 aromatic carbocycles. The Kier molecular flexibility index (Phi) is 5.83. The van der Waals surface area contributed by atoms with Crippen molar-refractivity contribution in [3.63, 3.8) is 0 Å². The van der Waals surface area contributed by atoms with Gasteiger partial charge in [0.05, 0.1) is 19.1 Å². The number of hydrogen-bond acceptors (Lipinski definition) is 4.